The molecule has 4 rings (SSSR count). The number of hydrogen-bond acceptors (Lipinski definition) is 8. The molecule has 1 aliphatic rings. The number of pyridine rings is 1. The quantitative estimate of drug-likeness (QED) is 0.539. The zero-order valence-corrected chi connectivity index (χ0v) is 18.9. The van der Waals surface area contributed by atoms with E-state index in [9.17, 15) is 14.0 Å². The van der Waals surface area contributed by atoms with Crippen LogP contribution in [0.15, 0.2) is 29.9 Å². The van der Waals surface area contributed by atoms with Crippen molar-refractivity contribution >= 4 is 39.4 Å². The first-order valence-corrected chi connectivity index (χ1v) is 11.3. The SMILES string of the molecule is CC(C)OC(=O)CC1CN(C(=O)c2nc(N[C@@H](C)c3cncc(F)c3)nc3ccsc23)C1. The minimum Gasteiger partial charge on any atom is -0.463 e. The van der Waals surface area contributed by atoms with Gasteiger partial charge in [0.2, 0.25) is 5.95 Å². The van der Waals surface area contributed by atoms with E-state index < -0.39 is 5.82 Å². The van der Waals surface area contributed by atoms with Crippen molar-refractivity contribution in [2.45, 2.75) is 39.3 Å². The molecule has 0 aromatic carbocycles. The average Bonchev–Trinajstić information content (AvgIpc) is 3.17. The molecule has 0 spiro atoms. The maximum absolute atomic E-state index is 13.5. The van der Waals surface area contributed by atoms with Crippen LogP contribution in [0.3, 0.4) is 0 Å². The number of amides is 1. The van der Waals surface area contributed by atoms with Gasteiger partial charge in [-0.2, -0.15) is 0 Å². The van der Waals surface area contributed by atoms with Crippen molar-refractivity contribution in [2.75, 3.05) is 18.4 Å². The van der Waals surface area contributed by atoms with Gasteiger partial charge in [0.05, 0.1) is 35.0 Å². The number of anilines is 1. The standard InChI is InChI=1S/C22H24FN5O3S/c1-12(2)31-18(29)6-14-10-28(11-14)21(30)19-20-17(4-5-32-20)26-22(27-19)25-13(3)15-7-16(23)9-24-8-15/h4-5,7-9,12-14H,6,10-11H2,1-3H3,(H,25,26,27)/t13-/m0/s1. The number of halogens is 1. The van der Waals surface area contributed by atoms with Crippen LogP contribution in [0.25, 0.3) is 10.2 Å². The summed E-state index contributed by atoms with van der Waals surface area (Å²) >= 11 is 1.40. The molecular formula is C22H24FN5O3S. The Morgan fingerprint density at radius 3 is 2.78 bits per heavy atom. The summed E-state index contributed by atoms with van der Waals surface area (Å²) in [6.07, 6.45) is 2.86. The highest BCUT2D eigenvalue weighted by molar-refractivity contribution is 7.17. The van der Waals surface area contributed by atoms with Gasteiger partial charge in [-0.05, 0) is 43.8 Å². The van der Waals surface area contributed by atoms with Crippen LogP contribution >= 0.6 is 11.3 Å². The van der Waals surface area contributed by atoms with Crippen molar-refractivity contribution in [1.82, 2.24) is 19.9 Å². The second kappa shape index (κ2) is 9.15. The lowest BCUT2D eigenvalue weighted by Crippen LogP contribution is -2.51. The molecule has 168 valence electrons. The van der Waals surface area contributed by atoms with Gasteiger partial charge < -0.3 is 15.0 Å². The molecule has 1 amide bonds. The Hall–Kier alpha value is -3.14. The Bertz CT molecular complexity index is 1150. The van der Waals surface area contributed by atoms with Crippen LogP contribution < -0.4 is 5.32 Å². The Labute approximate surface area is 188 Å². The third kappa shape index (κ3) is 4.85. The fourth-order valence-electron chi connectivity index (χ4n) is 3.58. The largest absolute Gasteiger partial charge is 0.463 e. The molecule has 32 heavy (non-hydrogen) atoms. The summed E-state index contributed by atoms with van der Waals surface area (Å²) in [7, 11) is 0. The Balaban J connectivity index is 1.48. The van der Waals surface area contributed by atoms with Gasteiger partial charge in [-0.25, -0.2) is 14.4 Å². The smallest absolute Gasteiger partial charge is 0.306 e. The summed E-state index contributed by atoms with van der Waals surface area (Å²) in [5.41, 5.74) is 1.63. The van der Waals surface area contributed by atoms with Gasteiger partial charge >= 0.3 is 5.97 Å². The lowest BCUT2D eigenvalue weighted by Gasteiger charge is -2.38. The topological polar surface area (TPSA) is 97.3 Å². The van der Waals surface area contributed by atoms with Crippen molar-refractivity contribution in [3.8, 4) is 0 Å². The molecule has 1 N–H and O–H groups in total. The molecule has 0 bridgehead atoms. The third-order valence-corrected chi connectivity index (χ3v) is 6.06. The molecule has 0 unspecified atom stereocenters. The normalized spacial score (nSPS) is 15.0. The van der Waals surface area contributed by atoms with Gasteiger partial charge in [0.1, 0.15) is 5.82 Å². The van der Waals surface area contributed by atoms with Gasteiger partial charge in [0.25, 0.3) is 5.91 Å². The van der Waals surface area contributed by atoms with Crippen LogP contribution in [-0.2, 0) is 9.53 Å². The Morgan fingerprint density at radius 1 is 1.28 bits per heavy atom. The van der Waals surface area contributed by atoms with E-state index in [-0.39, 0.29) is 35.9 Å². The number of ether oxygens (including phenoxy) is 1. The first-order chi connectivity index (χ1) is 15.3. The molecule has 4 heterocycles. The fourth-order valence-corrected chi connectivity index (χ4v) is 4.39. The minimum absolute atomic E-state index is 0.0870. The second-order valence-corrected chi connectivity index (χ2v) is 9.07. The van der Waals surface area contributed by atoms with Crippen molar-refractivity contribution in [1.29, 1.82) is 0 Å². The summed E-state index contributed by atoms with van der Waals surface area (Å²) in [6.45, 7) is 6.43. The van der Waals surface area contributed by atoms with E-state index in [1.165, 1.54) is 17.4 Å². The van der Waals surface area contributed by atoms with E-state index in [4.69, 9.17) is 4.74 Å². The monoisotopic (exact) mass is 457 g/mol. The third-order valence-electron chi connectivity index (χ3n) is 5.14. The van der Waals surface area contributed by atoms with Crippen molar-refractivity contribution in [3.05, 3.63) is 47.0 Å². The molecule has 8 nitrogen and oxygen atoms in total. The van der Waals surface area contributed by atoms with E-state index in [2.05, 4.69) is 20.3 Å². The first kappa shape index (κ1) is 22.1. The Kier molecular flexibility index (Phi) is 6.31. The summed E-state index contributed by atoms with van der Waals surface area (Å²) in [5, 5.41) is 5.00. The molecule has 1 fully saturated rings. The zero-order chi connectivity index (χ0) is 22.8. The zero-order valence-electron chi connectivity index (χ0n) is 18.0. The van der Waals surface area contributed by atoms with Gasteiger partial charge in [-0.3, -0.25) is 14.6 Å². The molecule has 3 aromatic heterocycles. The molecule has 3 aromatic rings. The number of likely N-dealkylation sites (tertiary alicyclic amines) is 1. The van der Waals surface area contributed by atoms with Crippen LogP contribution in [0.5, 0.6) is 0 Å². The van der Waals surface area contributed by atoms with Gasteiger partial charge in [-0.15, -0.1) is 11.3 Å². The van der Waals surface area contributed by atoms with Crippen LogP contribution in [0, 0.1) is 11.7 Å². The summed E-state index contributed by atoms with van der Waals surface area (Å²) in [6, 6.07) is 2.92. The van der Waals surface area contributed by atoms with Crippen LogP contribution in [0.2, 0.25) is 0 Å². The van der Waals surface area contributed by atoms with Crippen molar-refractivity contribution < 1.29 is 18.7 Å². The molecule has 10 heteroatoms. The van der Waals surface area contributed by atoms with Crippen molar-refractivity contribution in [2.24, 2.45) is 5.92 Å². The minimum atomic E-state index is -0.425. The average molecular weight is 458 g/mol. The van der Waals surface area contributed by atoms with E-state index >= 15 is 0 Å². The van der Waals surface area contributed by atoms with Crippen LogP contribution in [-0.4, -0.2) is 50.9 Å². The number of fused-ring (bicyclic) bond motifs is 1. The number of nitrogens with one attached hydrogen (secondary N) is 1. The summed E-state index contributed by atoms with van der Waals surface area (Å²) in [4.78, 5) is 39.5. The predicted octanol–water partition coefficient (Wildman–Crippen LogP) is 3.81. The second-order valence-electron chi connectivity index (χ2n) is 8.15. The molecule has 0 saturated carbocycles. The van der Waals surface area contributed by atoms with E-state index in [1.54, 1.807) is 11.1 Å². The Morgan fingerprint density at radius 2 is 2.06 bits per heavy atom. The molecular weight excluding hydrogens is 433 g/mol. The van der Waals surface area contributed by atoms with Gasteiger partial charge in [0.15, 0.2) is 5.69 Å². The molecule has 1 atom stereocenters. The van der Waals surface area contributed by atoms with E-state index in [0.29, 0.717) is 41.0 Å². The van der Waals surface area contributed by atoms with E-state index in [0.717, 1.165) is 6.20 Å². The number of esters is 1. The highest BCUT2D eigenvalue weighted by atomic mass is 32.1. The van der Waals surface area contributed by atoms with Crippen LogP contribution in [0.1, 0.15) is 49.3 Å². The number of nitrogens with zero attached hydrogens (tertiary/aromatic N) is 4. The molecule has 0 aliphatic carbocycles. The summed E-state index contributed by atoms with van der Waals surface area (Å²) in [5.74, 6) is -0.494. The number of carbonyl (C=O) groups excluding carboxylic acids is 2. The molecule has 1 saturated heterocycles. The van der Waals surface area contributed by atoms with E-state index in [1.807, 2.05) is 32.2 Å². The van der Waals surface area contributed by atoms with Crippen LogP contribution in [0.4, 0.5) is 10.3 Å². The number of rotatable bonds is 7. The molecule has 0 radical (unpaired) electrons. The lowest BCUT2D eigenvalue weighted by atomic mass is 9.96. The van der Waals surface area contributed by atoms with Crippen molar-refractivity contribution in [3.63, 3.8) is 0 Å². The number of hydrogen-bond donors (Lipinski definition) is 1. The molecule has 1 aliphatic heterocycles. The maximum Gasteiger partial charge on any atom is 0.306 e. The highest BCUT2D eigenvalue weighted by Gasteiger charge is 2.35. The highest BCUT2D eigenvalue weighted by Crippen LogP contribution is 2.29. The van der Waals surface area contributed by atoms with Gasteiger partial charge in [0, 0.05) is 25.2 Å². The van der Waals surface area contributed by atoms with Gasteiger partial charge in [-0.1, -0.05) is 0 Å². The maximum atomic E-state index is 13.5. The number of carbonyl (C=O) groups is 2. The predicted molar refractivity (Wildman–Crippen MR) is 119 cm³/mol. The summed E-state index contributed by atoms with van der Waals surface area (Å²) < 4.78 is 19.4. The number of aromatic nitrogens is 3. The lowest BCUT2D eigenvalue weighted by molar-refractivity contribution is -0.149. The fraction of sp³-hybridized carbons (Fsp3) is 0.409. The first-order valence-electron chi connectivity index (χ1n) is 10.4. The number of thiophene rings is 1.